The molecule has 0 aromatic rings. The van der Waals surface area contributed by atoms with Crippen molar-refractivity contribution in [2.24, 2.45) is 0 Å². The number of carbonyl (C=O) groups is 1. The van der Waals surface area contributed by atoms with Crippen LogP contribution in [-0.2, 0) is 9.53 Å². The second kappa shape index (κ2) is 4.25. The maximum Gasteiger partial charge on any atom is 0.249 e. The van der Waals surface area contributed by atoms with Gasteiger partial charge in [0.2, 0.25) is 5.91 Å². The molecule has 14 heavy (non-hydrogen) atoms. The number of nitrogens with zero attached hydrogens (tertiary/aromatic N) is 1. The van der Waals surface area contributed by atoms with Crippen LogP contribution >= 0.6 is 0 Å². The minimum absolute atomic E-state index is 0.00370. The summed E-state index contributed by atoms with van der Waals surface area (Å²) in [7, 11) is 0. The number of nitrogens with one attached hydrogen (secondary N) is 1. The lowest BCUT2D eigenvalue weighted by Gasteiger charge is -2.38. The number of rotatable bonds is 2. The highest BCUT2D eigenvalue weighted by Gasteiger charge is 2.35. The van der Waals surface area contributed by atoms with E-state index in [2.05, 4.69) is 5.32 Å². The van der Waals surface area contributed by atoms with Gasteiger partial charge in [0.15, 0.2) is 0 Å². The van der Waals surface area contributed by atoms with Crippen molar-refractivity contribution in [3.63, 3.8) is 0 Å². The summed E-state index contributed by atoms with van der Waals surface area (Å²) < 4.78 is 5.10. The Hall–Kier alpha value is -0.650. The molecule has 2 N–H and O–H groups in total. The van der Waals surface area contributed by atoms with Crippen molar-refractivity contribution in [1.29, 1.82) is 0 Å². The van der Waals surface area contributed by atoms with Crippen LogP contribution in [0.15, 0.2) is 0 Å². The van der Waals surface area contributed by atoms with Gasteiger partial charge < -0.3 is 20.1 Å². The van der Waals surface area contributed by atoms with E-state index in [1.165, 1.54) is 0 Å². The van der Waals surface area contributed by atoms with Crippen LogP contribution < -0.4 is 5.32 Å². The Bertz CT molecular complexity index is 214. The van der Waals surface area contributed by atoms with E-state index in [-0.39, 0.29) is 31.2 Å². The molecule has 80 valence electrons. The minimum Gasteiger partial charge on any atom is -0.394 e. The predicted molar refractivity (Wildman–Crippen MR) is 49.8 cm³/mol. The lowest BCUT2D eigenvalue weighted by Crippen LogP contribution is -2.56. The van der Waals surface area contributed by atoms with Crippen molar-refractivity contribution in [2.75, 3.05) is 32.9 Å². The quantitative estimate of drug-likeness (QED) is 0.573. The number of aliphatic hydroxyl groups is 1. The van der Waals surface area contributed by atoms with Crippen LogP contribution in [0.5, 0.6) is 0 Å². The fourth-order valence-corrected chi connectivity index (χ4v) is 2.16. The fourth-order valence-electron chi connectivity index (χ4n) is 2.16. The Labute approximate surface area is 83.0 Å². The van der Waals surface area contributed by atoms with Gasteiger partial charge in [0.25, 0.3) is 0 Å². The van der Waals surface area contributed by atoms with Crippen molar-refractivity contribution >= 4 is 5.91 Å². The van der Waals surface area contributed by atoms with Crippen LogP contribution in [0.4, 0.5) is 0 Å². The Kier molecular flexibility index (Phi) is 3.00. The third kappa shape index (κ3) is 1.75. The molecule has 5 heteroatoms. The highest BCUT2D eigenvalue weighted by molar-refractivity contribution is 5.78. The van der Waals surface area contributed by atoms with E-state index in [9.17, 15) is 4.79 Å². The van der Waals surface area contributed by atoms with Crippen LogP contribution in [0.3, 0.4) is 0 Å². The van der Waals surface area contributed by atoms with Crippen molar-refractivity contribution in [1.82, 2.24) is 10.2 Å². The van der Waals surface area contributed by atoms with Gasteiger partial charge in [0.05, 0.1) is 19.3 Å². The molecule has 0 spiro atoms. The lowest BCUT2D eigenvalue weighted by atomic mass is 10.1. The molecule has 2 aliphatic heterocycles. The van der Waals surface area contributed by atoms with Gasteiger partial charge in [-0.3, -0.25) is 4.79 Å². The van der Waals surface area contributed by atoms with Gasteiger partial charge >= 0.3 is 0 Å². The average Bonchev–Trinajstić information content (AvgIpc) is 2.70. The van der Waals surface area contributed by atoms with E-state index < -0.39 is 0 Å². The number of hydrogen-bond donors (Lipinski definition) is 2. The van der Waals surface area contributed by atoms with E-state index in [0.717, 1.165) is 19.5 Å². The second-order valence-corrected chi connectivity index (χ2v) is 3.80. The Morgan fingerprint density at radius 1 is 1.64 bits per heavy atom. The van der Waals surface area contributed by atoms with E-state index in [1.807, 2.05) is 0 Å². The van der Waals surface area contributed by atoms with Gasteiger partial charge in [-0.2, -0.15) is 0 Å². The maximum atomic E-state index is 11.6. The fraction of sp³-hybridized carbons (Fsp3) is 0.889. The van der Waals surface area contributed by atoms with E-state index in [1.54, 1.807) is 4.90 Å². The third-order valence-electron chi connectivity index (χ3n) is 2.86. The average molecular weight is 200 g/mol. The van der Waals surface area contributed by atoms with Gasteiger partial charge in [0, 0.05) is 12.6 Å². The molecule has 5 nitrogen and oxygen atoms in total. The van der Waals surface area contributed by atoms with E-state index in [4.69, 9.17) is 9.84 Å². The maximum absolute atomic E-state index is 11.6. The zero-order chi connectivity index (χ0) is 9.97. The van der Waals surface area contributed by atoms with Crippen LogP contribution in [0, 0.1) is 0 Å². The van der Waals surface area contributed by atoms with Crippen LogP contribution in [-0.4, -0.2) is 60.9 Å². The molecule has 2 fully saturated rings. The van der Waals surface area contributed by atoms with Crippen LogP contribution in [0.25, 0.3) is 0 Å². The molecule has 0 saturated carbocycles. The summed E-state index contributed by atoms with van der Waals surface area (Å²) in [6.07, 6.45) is 0.974. The summed E-state index contributed by atoms with van der Waals surface area (Å²) in [6, 6.07) is 0.0877. The Morgan fingerprint density at radius 2 is 2.50 bits per heavy atom. The third-order valence-corrected chi connectivity index (χ3v) is 2.86. The predicted octanol–water partition coefficient (Wildman–Crippen LogP) is -1.43. The van der Waals surface area contributed by atoms with Crippen molar-refractivity contribution in [3.8, 4) is 0 Å². The molecule has 2 heterocycles. The number of aliphatic hydroxyl groups excluding tert-OH is 1. The van der Waals surface area contributed by atoms with Gasteiger partial charge in [-0.05, 0) is 13.0 Å². The first kappa shape index (κ1) is 9.89. The zero-order valence-corrected chi connectivity index (χ0v) is 8.11. The van der Waals surface area contributed by atoms with Gasteiger partial charge in [-0.1, -0.05) is 0 Å². The molecule has 2 aliphatic rings. The number of hydrogen-bond acceptors (Lipinski definition) is 4. The number of carbonyl (C=O) groups excluding carboxylic acids is 1. The summed E-state index contributed by atoms with van der Waals surface area (Å²) in [5.41, 5.74) is 0. The molecule has 0 bridgehead atoms. The Morgan fingerprint density at radius 3 is 3.14 bits per heavy atom. The SMILES string of the molecule is O=C1COCC(CO)N1C1CCNC1. The summed E-state index contributed by atoms with van der Waals surface area (Å²) in [5.74, 6) is 0.00370. The summed E-state index contributed by atoms with van der Waals surface area (Å²) in [6.45, 7) is 2.39. The molecule has 2 rings (SSSR count). The van der Waals surface area contributed by atoms with Gasteiger partial charge in [0.1, 0.15) is 6.61 Å². The number of amides is 1. The molecule has 0 aliphatic carbocycles. The summed E-state index contributed by atoms with van der Waals surface area (Å²) >= 11 is 0. The van der Waals surface area contributed by atoms with Crippen LogP contribution in [0.1, 0.15) is 6.42 Å². The van der Waals surface area contributed by atoms with Crippen molar-refractivity contribution < 1.29 is 14.6 Å². The van der Waals surface area contributed by atoms with Gasteiger partial charge in [-0.15, -0.1) is 0 Å². The second-order valence-electron chi connectivity index (χ2n) is 3.80. The first-order valence-corrected chi connectivity index (χ1v) is 5.03. The normalized spacial score (nSPS) is 33.8. The van der Waals surface area contributed by atoms with Crippen LogP contribution in [0.2, 0.25) is 0 Å². The molecule has 0 aromatic heterocycles. The molecule has 2 unspecified atom stereocenters. The van der Waals surface area contributed by atoms with E-state index in [0.29, 0.717) is 6.61 Å². The summed E-state index contributed by atoms with van der Waals surface area (Å²) in [4.78, 5) is 13.4. The number of ether oxygens (including phenoxy) is 1. The monoisotopic (exact) mass is 200 g/mol. The zero-order valence-electron chi connectivity index (χ0n) is 8.11. The van der Waals surface area contributed by atoms with E-state index >= 15 is 0 Å². The highest BCUT2D eigenvalue weighted by Crippen LogP contribution is 2.16. The molecule has 0 aromatic carbocycles. The topological polar surface area (TPSA) is 61.8 Å². The molecular formula is C9H16N2O3. The highest BCUT2D eigenvalue weighted by atomic mass is 16.5. The van der Waals surface area contributed by atoms with Gasteiger partial charge in [-0.25, -0.2) is 0 Å². The smallest absolute Gasteiger partial charge is 0.249 e. The Balaban J connectivity index is 2.06. The molecule has 1 amide bonds. The molecule has 2 atom stereocenters. The molecular weight excluding hydrogens is 184 g/mol. The first-order chi connectivity index (χ1) is 6.83. The first-order valence-electron chi connectivity index (χ1n) is 5.03. The molecule has 2 saturated heterocycles. The lowest BCUT2D eigenvalue weighted by molar-refractivity contribution is -0.153. The number of morpholine rings is 1. The molecule has 0 radical (unpaired) electrons. The van der Waals surface area contributed by atoms with Crippen molar-refractivity contribution in [2.45, 2.75) is 18.5 Å². The minimum atomic E-state index is -0.152. The largest absolute Gasteiger partial charge is 0.394 e. The van der Waals surface area contributed by atoms with Crippen molar-refractivity contribution in [3.05, 3.63) is 0 Å². The standard InChI is InChI=1S/C9H16N2O3/c12-4-8-5-14-6-9(13)11(8)7-1-2-10-3-7/h7-8,10,12H,1-6H2. The summed E-state index contributed by atoms with van der Waals surface area (Å²) in [5, 5.41) is 12.4.